The topological polar surface area (TPSA) is 54.9 Å². The van der Waals surface area contributed by atoms with Gasteiger partial charge in [0.25, 0.3) is 0 Å². The second kappa shape index (κ2) is 9.52. The van der Waals surface area contributed by atoms with Crippen LogP contribution in [0.4, 0.5) is 0 Å². The van der Waals surface area contributed by atoms with E-state index in [4.69, 9.17) is 21.7 Å². The van der Waals surface area contributed by atoms with Gasteiger partial charge in [0.2, 0.25) is 0 Å². The predicted molar refractivity (Wildman–Crippen MR) is 101 cm³/mol. The summed E-state index contributed by atoms with van der Waals surface area (Å²) in [5.74, 6) is 1.38. The van der Waals surface area contributed by atoms with Crippen LogP contribution in [0, 0.1) is 0 Å². The van der Waals surface area contributed by atoms with Crippen molar-refractivity contribution in [3.8, 4) is 11.5 Å². The lowest BCUT2D eigenvalue weighted by atomic mass is 10.2. The Morgan fingerprint density at radius 1 is 1.17 bits per heavy atom. The van der Waals surface area contributed by atoms with Crippen molar-refractivity contribution in [3.05, 3.63) is 59.7 Å². The number of thiocarbonyl (C=S) groups is 1. The lowest BCUT2D eigenvalue weighted by Gasteiger charge is -2.11. The molecule has 0 bridgehead atoms. The van der Waals surface area contributed by atoms with Crippen molar-refractivity contribution in [2.75, 3.05) is 20.8 Å². The molecule has 126 valence electrons. The fourth-order valence-corrected chi connectivity index (χ4v) is 2.08. The Hall–Kier alpha value is -2.60. The number of hydrogen-bond acceptors (Lipinski definition) is 4. The van der Waals surface area contributed by atoms with E-state index in [0.29, 0.717) is 23.2 Å². The van der Waals surface area contributed by atoms with Gasteiger partial charge in [-0.2, -0.15) is 5.10 Å². The first kappa shape index (κ1) is 17.7. The van der Waals surface area contributed by atoms with Crippen LogP contribution >= 0.6 is 12.2 Å². The summed E-state index contributed by atoms with van der Waals surface area (Å²) in [6.07, 6.45) is 2.51. The molecule has 0 aliphatic carbocycles. The molecule has 2 N–H and O–H groups in total. The molecule has 5 nitrogen and oxygen atoms in total. The highest BCUT2D eigenvalue weighted by Gasteiger charge is 2.05. The first-order chi connectivity index (χ1) is 11.7. The van der Waals surface area contributed by atoms with Crippen molar-refractivity contribution in [2.45, 2.75) is 6.42 Å². The molecule has 6 heteroatoms. The maximum atomic E-state index is 5.83. The average Bonchev–Trinajstić information content (AvgIpc) is 2.63. The summed E-state index contributed by atoms with van der Waals surface area (Å²) in [6.45, 7) is 0.589. The standard InChI is InChI=1S/C18H21N3O2S/c1-19-18(24)21-20-13-15-8-9-16(17(12-15)22-2)23-11-10-14-6-4-3-5-7-14/h3-9,12-13H,10-11H2,1-2H3,(H2,19,21,24)/b20-13-. The van der Waals surface area contributed by atoms with Gasteiger partial charge >= 0.3 is 0 Å². The number of hydrazone groups is 1. The van der Waals surface area contributed by atoms with Crippen molar-refractivity contribution in [3.63, 3.8) is 0 Å². The molecule has 2 rings (SSSR count). The van der Waals surface area contributed by atoms with Crippen LogP contribution in [0.3, 0.4) is 0 Å². The van der Waals surface area contributed by atoms with Crippen LogP contribution in [0.5, 0.6) is 11.5 Å². The van der Waals surface area contributed by atoms with Gasteiger partial charge in [-0.15, -0.1) is 0 Å². The summed E-state index contributed by atoms with van der Waals surface area (Å²) in [5.41, 5.74) is 4.83. The Bertz CT molecular complexity index is 690. The van der Waals surface area contributed by atoms with Crippen LogP contribution in [0.2, 0.25) is 0 Å². The minimum atomic E-state index is 0.457. The van der Waals surface area contributed by atoms with E-state index < -0.39 is 0 Å². The van der Waals surface area contributed by atoms with Crippen molar-refractivity contribution >= 4 is 23.5 Å². The summed E-state index contributed by atoms with van der Waals surface area (Å²) >= 11 is 4.95. The molecular weight excluding hydrogens is 322 g/mol. The van der Waals surface area contributed by atoms with Crippen LogP contribution < -0.4 is 20.2 Å². The van der Waals surface area contributed by atoms with Crippen LogP contribution in [0.15, 0.2) is 53.6 Å². The molecule has 2 aromatic carbocycles. The Morgan fingerprint density at radius 3 is 2.67 bits per heavy atom. The Labute approximate surface area is 147 Å². The predicted octanol–water partition coefficient (Wildman–Crippen LogP) is 2.74. The van der Waals surface area contributed by atoms with E-state index in [1.807, 2.05) is 36.4 Å². The van der Waals surface area contributed by atoms with Crippen molar-refractivity contribution < 1.29 is 9.47 Å². The van der Waals surface area contributed by atoms with E-state index in [1.54, 1.807) is 20.4 Å². The monoisotopic (exact) mass is 343 g/mol. The number of rotatable bonds is 7. The number of benzene rings is 2. The second-order valence-electron chi connectivity index (χ2n) is 4.94. The molecule has 0 unspecified atom stereocenters. The molecule has 0 spiro atoms. The zero-order valence-corrected chi connectivity index (χ0v) is 14.6. The average molecular weight is 343 g/mol. The lowest BCUT2D eigenvalue weighted by Crippen LogP contribution is -2.28. The van der Waals surface area contributed by atoms with Crippen LogP contribution in [-0.2, 0) is 6.42 Å². The van der Waals surface area contributed by atoms with Crippen molar-refractivity contribution in [2.24, 2.45) is 5.10 Å². The van der Waals surface area contributed by atoms with Gasteiger partial charge in [-0.1, -0.05) is 30.3 Å². The SMILES string of the molecule is CNC(=S)N/N=C\c1ccc(OCCc2ccccc2)c(OC)c1. The van der Waals surface area contributed by atoms with E-state index in [9.17, 15) is 0 Å². The van der Waals surface area contributed by atoms with E-state index in [-0.39, 0.29) is 0 Å². The highest BCUT2D eigenvalue weighted by molar-refractivity contribution is 7.80. The second-order valence-corrected chi connectivity index (χ2v) is 5.35. The fourth-order valence-electron chi connectivity index (χ4n) is 2.03. The molecule has 0 fully saturated rings. The van der Waals surface area contributed by atoms with Gasteiger partial charge in [-0.25, -0.2) is 0 Å². The summed E-state index contributed by atoms with van der Waals surface area (Å²) in [4.78, 5) is 0. The van der Waals surface area contributed by atoms with Gasteiger partial charge < -0.3 is 14.8 Å². The molecule has 0 aliphatic rings. The maximum Gasteiger partial charge on any atom is 0.186 e. The number of methoxy groups -OCH3 is 1. The van der Waals surface area contributed by atoms with E-state index in [1.165, 1.54) is 5.56 Å². The number of nitrogens with one attached hydrogen (secondary N) is 2. The third-order valence-electron chi connectivity index (χ3n) is 3.29. The molecule has 0 aromatic heterocycles. The zero-order chi connectivity index (χ0) is 17.2. The van der Waals surface area contributed by atoms with E-state index in [0.717, 1.165) is 12.0 Å². The van der Waals surface area contributed by atoms with Gasteiger partial charge in [0.15, 0.2) is 16.6 Å². The number of ether oxygens (including phenoxy) is 2. The van der Waals surface area contributed by atoms with Crippen LogP contribution in [-0.4, -0.2) is 32.1 Å². The minimum Gasteiger partial charge on any atom is -0.493 e. The molecule has 0 atom stereocenters. The van der Waals surface area contributed by atoms with Gasteiger partial charge in [0, 0.05) is 13.5 Å². The van der Waals surface area contributed by atoms with Gasteiger partial charge in [-0.05, 0) is 41.5 Å². The highest BCUT2D eigenvalue weighted by Crippen LogP contribution is 2.27. The van der Waals surface area contributed by atoms with E-state index >= 15 is 0 Å². The third-order valence-corrected chi connectivity index (χ3v) is 3.58. The molecule has 0 radical (unpaired) electrons. The van der Waals surface area contributed by atoms with E-state index in [2.05, 4.69) is 28.0 Å². The Morgan fingerprint density at radius 2 is 1.96 bits per heavy atom. The summed E-state index contributed by atoms with van der Waals surface area (Å²) in [6, 6.07) is 15.9. The minimum absolute atomic E-state index is 0.457. The molecule has 0 heterocycles. The molecule has 2 aromatic rings. The lowest BCUT2D eigenvalue weighted by molar-refractivity contribution is 0.297. The van der Waals surface area contributed by atoms with Crippen LogP contribution in [0.25, 0.3) is 0 Å². The van der Waals surface area contributed by atoms with Crippen molar-refractivity contribution in [1.29, 1.82) is 0 Å². The van der Waals surface area contributed by atoms with Gasteiger partial charge in [0.05, 0.1) is 19.9 Å². The van der Waals surface area contributed by atoms with Crippen molar-refractivity contribution in [1.82, 2.24) is 10.7 Å². The number of hydrogen-bond donors (Lipinski definition) is 2. The Kier molecular flexibility index (Phi) is 7.04. The molecule has 24 heavy (non-hydrogen) atoms. The first-order valence-electron chi connectivity index (χ1n) is 7.58. The first-order valence-corrected chi connectivity index (χ1v) is 7.99. The largest absolute Gasteiger partial charge is 0.493 e. The molecule has 0 amide bonds. The van der Waals surface area contributed by atoms with Gasteiger partial charge in [0.1, 0.15) is 0 Å². The Balaban J connectivity index is 1.94. The molecular formula is C18H21N3O2S. The third kappa shape index (κ3) is 5.55. The zero-order valence-electron chi connectivity index (χ0n) is 13.8. The quantitative estimate of drug-likeness (QED) is 0.460. The maximum absolute atomic E-state index is 5.83. The highest BCUT2D eigenvalue weighted by atomic mass is 32.1. The smallest absolute Gasteiger partial charge is 0.186 e. The molecule has 0 saturated carbocycles. The summed E-state index contributed by atoms with van der Waals surface area (Å²) < 4.78 is 11.2. The fraction of sp³-hybridized carbons (Fsp3) is 0.222. The molecule has 0 aliphatic heterocycles. The van der Waals surface area contributed by atoms with Crippen LogP contribution in [0.1, 0.15) is 11.1 Å². The molecule has 0 saturated heterocycles. The summed E-state index contributed by atoms with van der Waals surface area (Å²) in [7, 11) is 3.35. The summed E-state index contributed by atoms with van der Waals surface area (Å²) in [5, 5.41) is 7.28. The number of nitrogens with zero attached hydrogens (tertiary/aromatic N) is 1. The normalized spacial score (nSPS) is 10.4. The van der Waals surface area contributed by atoms with Gasteiger partial charge in [-0.3, -0.25) is 5.43 Å².